The molecule has 4 rings (SSSR count). The number of amides is 2. The molecule has 1 fully saturated rings. The number of aliphatic carboxylic acids is 1. The van der Waals surface area contributed by atoms with Gasteiger partial charge < -0.3 is 20.5 Å². The van der Waals surface area contributed by atoms with Gasteiger partial charge in [0.1, 0.15) is 6.61 Å². The van der Waals surface area contributed by atoms with Gasteiger partial charge in [0.05, 0.1) is 12.0 Å². The Morgan fingerprint density at radius 3 is 2.19 bits per heavy atom. The molecule has 32 heavy (non-hydrogen) atoms. The lowest BCUT2D eigenvalue weighted by Gasteiger charge is -2.20. The maximum atomic E-state index is 12.5. The number of nitrogens with one attached hydrogen (secondary N) is 2. The first-order valence-electron chi connectivity index (χ1n) is 11.0. The van der Waals surface area contributed by atoms with Crippen molar-refractivity contribution in [2.75, 3.05) is 6.61 Å². The molecule has 2 aliphatic carbocycles. The van der Waals surface area contributed by atoms with Crippen molar-refractivity contribution in [2.45, 2.75) is 56.5 Å². The van der Waals surface area contributed by atoms with Crippen LogP contribution in [0.25, 0.3) is 11.1 Å². The van der Waals surface area contributed by atoms with Crippen molar-refractivity contribution in [3.8, 4) is 11.1 Å². The van der Waals surface area contributed by atoms with Gasteiger partial charge in [-0.05, 0) is 41.5 Å². The number of carbonyl (C=O) groups excluding carboxylic acids is 2. The van der Waals surface area contributed by atoms with Crippen LogP contribution in [0.5, 0.6) is 0 Å². The monoisotopic (exact) mass is 436 g/mol. The molecule has 0 heterocycles. The van der Waals surface area contributed by atoms with Gasteiger partial charge in [-0.2, -0.15) is 0 Å². The summed E-state index contributed by atoms with van der Waals surface area (Å²) in [6.45, 7) is 2.09. The molecular formula is C25H28N2O5. The van der Waals surface area contributed by atoms with Gasteiger partial charge in [0.25, 0.3) is 0 Å². The summed E-state index contributed by atoms with van der Waals surface area (Å²) in [5, 5.41) is 14.6. The average Bonchev–Trinajstić information content (AvgIpc) is 3.43. The van der Waals surface area contributed by atoms with Crippen molar-refractivity contribution in [1.29, 1.82) is 0 Å². The lowest BCUT2D eigenvalue weighted by atomic mass is 9.98. The number of carbonyl (C=O) groups is 3. The summed E-state index contributed by atoms with van der Waals surface area (Å²) in [7, 11) is 0. The average molecular weight is 437 g/mol. The zero-order valence-corrected chi connectivity index (χ0v) is 18.1. The molecular weight excluding hydrogens is 408 g/mol. The number of hydrogen-bond acceptors (Lipinski definition) is 4. The number of alkyl carbamates (subject to hydrolysis) is 1. The van der Waals surface area contributed by atoms with E-state index in [0.29, 0.717) is 19.3 Å². The quantitative estimate of drug-likeness (QED) is 0.554. The van der Waals surface area contributed by atoms with E-state index in [2.05, 4.69) is 34.9 Å². The molecule has 1 unspecified atom stereocenters. The maximum absolute atomic E-state index is 12.5. The van der Waals surface area contributed by atoms with Gasteiger partial charge in [0.15, 0.2) is 0 Å². The number of rotatable bonds is 9. The van der Waals surface area contributed by atoms with E-state index in [0.717, 1.165) is 22.3 Å². The summed E-state index contributed by atoms with van der Waals surface area (Å²) in [5.41, 5.74) is 3.98. The van der Waals surface area contributed by atoms with E-state index in [1.807, 2.05) is 31.2 Å². The highest BCUT2D eigenvalue weighted by Gasteiger charge is 2.45. The van der Waals surface area contributed by atoms with Gasteiger partial charge in [0.2, 0.25) is 5.91 Å². The standard InChI is InChI=1S/C25H28N2O5/c1-2-16(13-22(28)27-25(11-12-25)14-23(29)30)26-24(31)32-15-21-19-9-5-3-7-17(19)18-8-4-6-10-20(18)21/h3-10,16,21H,2,11-15H2,1H3,(H,26,31)(H,27,28)(H,29,30). The first-order valence-corrected chi connectivity index (χ1v) is 11.0. The fourth-order valence-electron chi connectivity index (χ4n) is 4.46. The molecule has 0 spiro atoms. The lowest BCUT2D eigenvalue weighted by Crippen LogP contribution is -2.43. The second-order valence-corrected chi connectivity index (χ2v) is 8.68. The highest BCUT2D eigenvalue weighted by Crippen LogP contribution is 2.44. The van der Waals surface area contributed by atoms with Gasteiger partial charge >= 0.3 is 12.1 Å². The fourth-order valence-corrected chi connectivity index (χ4v) is 4.46. The van der Waals surface area contributed by atoms with E-state index >= 15 is 0 Å². The molecule has 1 saturated carbocycles. The van der Waals surface area contributed by atoms with E-state index in [-0.39, 0.29) is 37.3 Å². The number of fused-ring (bicyclic) bond motifs is 3. The minimum Gasteiger partial charge on any atom is -0.481 e. The normalized spacial score (nSPS) is 16.4. The molecule has 0 saturated heterocycles. The van der Waals surface area contributed by atoms with Crippen LogP contribution in [0.3, 0.4) is 0 Å². The van der Waals surface area contributed by atoms with Crippen LogP contribution in [0, 0.1) is 0 Å². The SMILES string of the molecule is CCC(CC(=O)NC1(CC(=O)O)CC1)NC(=O)OCC1c2ccccc2-c2ccccc21. The summed E-state index contributed by atoms with van der Waals surface area (Å²) >= 11 is 0. The van der Waals surface area contributed by atoms with Crippen molar-refractivity contribution in [2.24, 2.45) is 0 Å². The Morgan fingerprint density at radius 2 is 1.66 bits per heavy atom. The van der Waals surface area contributed by atoms with Crippen molar-refractivity contribution < 1.29 is 24.2 Å². The summed E-state index contributed by atoms with van der Waals surface area (Å²) in [4.78, 5) is 35.8. The summed E-state index contributed by atoms with van der Waals surface area (Å²) in [5.74, 6) is -1.21. The van der Waals surface area contributed by atoms with Crippen molar-refractivity contribution in [1.82, 2.24) is 10.6 Å². The van der Waals surface area contributed by atoms with E-state index in [1.165, 1.54) is 0 Å². The van der Waals surface area contributed by atoms with E-state index in [9.17, 15) is 14.4 Å². The van der Waals surface area contributed by atoms with Gasteiger partial charge in [-0.25, -0.2) is 4.79 Å². The van der Waals surface area contributed by atoms with Gasteiger partial charge in [0, 0.05) is 18.4 Å². The van der Waals surface area contributed by atoms with Crippen LogP contribution in [-0.2, 0) is 14.3 Å². The van der Waals surface area contributed by atoms with Crippen molar-refractivity contribution in [3.63, 3.8) is 0 Å². The van der Waals surface area contributed by atoms with E-state index in [4.69, 9.17) is 9.84 Å². The predicted molar refractivity (Wildman–Crippen MR) is 119 cm³/mol. The smallest absolute Gasteiger partial charge is 0.407 e. The molecule has 2 aromatic carbocycles. The van der Waals surface area contributed by atoms with Crippen LogP contribution in [0.2, 0.25) is 0 Å². The van der Waals surface area contributed by atoms with E-state index in [1.54, 1.807) is 0 Å². The largest absolute Gasteiger partial charge is 0.481 e. The Balaban J connectivity index is 1.31. The second-order valence-electron chi connectivity index (χ2n) is 8.68. The van der Waals surface area contributed by atoms with Gasteiger partial charge in [-0.1, -0.05) is 55.5 Å². The van der Waals surface area contributed by atoms with Gasteiger partial charge in [-0.15, -0.1) is 0 Å². The van der Waals surface area contributed by atoms with Crippen LogP contribution in [0.4, 0.5) is 4.79 Å². The zero-order chi connectivity index (χ0) is 22.7. The minimum atomic E-state index is -0.924. The molecule has 0 aliphatic heterocycles. The van der Waals surface area contributed by atoms with Gasteiger partial charge in [-0.3, -0.25) is 9.59 Å². The maximum Gasteiger partial charge on any atom is 0.407 e. The first kappa shape index (κ1) is 21.9. The Hall–Kier alpha value is -3.35. The molecule has 3 N–H and O–H groups in total. The minimum absolute atomic E-state index is 0.0257. The van der Waals surface area contributed by atoms with Crippen molar-refractivity contribution >= 4 is 18.0 Å². The lowest BCUT2D eigenvalue weighted by molar-refractivity contribution is -0.138. The van der Waals surface area contributed by atoms with Crippen LogP contribution in [-0.4, -0.2) is 41.3 Å². The number of ether oxygens (including phenoxy) is 1. The summed E-state index contributed by atoms with van der Waals surface area (Å²) < 4.78 is 5.56. The Labute approximate surface area is 187 Å². The topological polar surface area (TPSA) is 105 Å². The number of hydrogen-bond donors (Lipinski definition) is 3. The number of carboxylic acids is 1. The molecule has 168 valence electrons. The summed E-state index contributed by atoms with van der Waals surface area (Å²) in [6.07, 6.45) is 1.35. The molecule has 7 heteroatoms. The molecule has 1 atom stereocenters. The highest BCUT2D eigenvalue weighted by molar-refractivity contribution is 5.81. The second kappa shape index (κ2) is 9.02. The molecule has 2 amide bonds. The first-order chi connectivity index (χ1) is 15.4. The molecule has 0 radical (unpaired) electrons. The molecule has 0 bridgehead atoms. The van der Waals surface area contributed by atoms with E-state index < -0.39 is 17.6 Å². The fraction of sp³-hybridized carbons (Fsp3) is 0.400. The van der Waals surface area contributed by atoms with Crippen LogP contribution in [0.1, 0.15) is 56.1 Å². The van der Waals surface area contributed by atoms with Crippen LogP contribution < -0.4 is 10.6 Å². The Bertz CT molecular complexity index is 985. The zero-order valence-electron chi connectivity index (χ0n) is 18.1. The Kier molecular flexibility index (Phi) is 6.17. The van der Waals surface area contributed by atoms with Crippen LogP contribution >= 0.6 is 0 Å². The highest BCUT2D eigenvalue weighted by atomic mass is 16.5. The van der Waals surface area contributed by atoms with Crippen molar-refractivity contribution in [3.05, 3.63) is 59.7 Å². The summed E-state index contributed by atoms with van der Waals surface area (Å²) in [6, 6.07) is 15.9. The third-order valence-corrected chi connectivity index (χ3v) is 6.34. The molecule has 7 nitrogen and oxygen atoms in total. The molecule has 2 aromatic rings. The third kappa shape index (κ3) is 4.77. The van der Waals surface area contributed by atoms with Crippen LogP contribution in [0.15, 0.2) is 48.5 Å². The third-order valence-electron chi connectivity index (χ3n) is 6.34. The Morgan fingerprint density at radius 1 is 1.06 bits per heavy atom. The molecule has 0 aromatic heterocycles. The number of carboxylic acid groups (broad SMARTS) is 1. The predicted octanol–water partition coefficient (Wildman–Crippen LogP) is 3.82. The number of benzene rings is 2. The molecule has 2 aliphatic rings.